The molecule has 3 heterocycles. The first-order chi connectivity index (χ1) is 7.81. The van der Waals surface area contributed by atoms with Gasteiger partial charge >= 0.3 is 0 Å². The number of rotatable bonds is 3. The molecule has 6 nitrogen and oxygen atoms in total. The number of fused-ring (bicyclic) bond motifs is 1. The lowest BCUT2D eigenvalue weighted by Gasteiger charge is -2.41. The van der Waals surface area contributed by atoms with E-state index in [2.05, 4.69) is 25.7 Å². The van der Waals surface area contributed by atoms with Gasteiger partial charge in [0, 0.05) is 32.8 Å². The standard InChI is InChI=1S/C10H13N5O/c1-16-10(5-11-6-10)3-7-2-8-9(12-4-7)14-15-13-8/h2,4,11H,3,5-6H2,1H3,(H,12,13,14,15). The van der Waals surface area contributed by atoms with Crippen LogP contribution in [0.5, 0.6) is 0 Å². The summed E-state index contributed by atoms with van der Waals surface area (Å²) in [6.45, 7) is 1.78. The molecular formula is C10H13N5O. The minimum atomic E-state index is -0.0703. The molecule has 0 atom stereocenters. The van der Waals surface area contributed by atoms with Crippen LogP contribution in [-0.4, -0.2) is 46.2 Å². The maximum atomic E-state index is 5.54. The maximum absolute atomic E-state index is 5.54. The Labute approximate surface area is 92.4 Å². The number of methoxy groups -OCH3 is 1. The Morgan fingerprint density at radius 2 is 2.31 bits per heavy atom. The maximum Gasteiger partial charge on any atom is 0.201 e. The zero-order valence-electron chi connectivity index (χ0n) is 9.03. The molecule has 1 saturated heterocycles. The van der Waals surface area contributed by atoms with Crippen LogP contribution in [0.4, 0.5) is 0 Å². The van der Waals surface area contributed by atoms with Gasteiger partial charge in [0.05, 0.1) is 5.60 Å². The third kappa shape index (κ3) is 1.46. The summed E-state index contributed by atoms with van der Waals surface area (Å²) in [4.78, 5) is 4.24. The molecule has 3 rings (SSSR count). The number of nitrogens with one attached hydrogen (secondary N) is 2. The normalized spacial score (nSPS) is 18.6. The summed E-state index contributed by atoms with van der Waals surface area (Å²) in [5, 5.41) is 13.7. The van der Waals surface area contributed by atoms with Gasteiger partial charge in [0.2, 0.25) is 5.65 Å². The van der Waals surface area contributed by atoms with Gasteiger partial charge in [-0.15, -0.1) is 5.10 Å². The highest BCUT2D eigenvalue weighted by Crippen LogP contribution is 2.22. The van der Waals surface area contributed by atoms with Gasteiger partial charge in [0.25, 0.3) is 0 Å². The van der Waals surface area contributed by atoms with E-state index in [0.717, 1.165) is 30.6 Å². The van der Waals surface area contributed by atoms with Crippen LogP contribution < -0.4 is 5.32 Å². The molecule has 0 aromatic carbocycles. The lowest BCUT2D eigenvalue weighted by Crippen LogP contribution is -2.61. The monoisotopic (exact) mass is 219 g/mol. The molecule has 0 unspecified atom stereocenters. The second-order valence-corrected chi connectivity index (χ2v) is 4.18. The van der Waals surface area contributed by atoms with Gasteiger partial charge in [-0.2, -0.15) is 10.3 Å². The summed E-state index contributed by atoms with van der Waals surface area (Å²) < 4.78 is 5.54. The Morgan fingerprint density at radius 3 is 3.00 bits per heavy atom. The average Bonchev–Trinajstić information content (AvgIpc) is 2.70. The Bertz CT molecular complexity index is 499. The van der Waals surface area contributed by atoms with Crippen molar-refractivity contribution in [2.75, 3.05) is 20.2 Å². The van der Waals surface area contributed by atoms with Crippen LogP contribution in [0.2, 0.25) is 0 Å². The predicted molar refractivity (Wildman–Crippen MR) is 58.0 cm³/mol. The number of nitrogens with zero attached hydrogens (tertiary/aromatic N) is 3. The van der Waals surface area contributed by atoms with Crippen LogP contribution in [0.3, 0.4) is 0 Å². The summed E-state index contributed by atoms with van der Waals surface area (Å²) in [5.74, 6) is 0. The van der Waals surface area contributed by atoms with Crippen LogP contribution in [0.15, 0.2) is 12.3 Å². The van der Waals surface area contributed by atoms with Crippen molar-refractivity contribution >= 4 is 11.2 Å². The number of hydrogen-bond donors (Lipinski definition) is 2. The van der Waals surface area contributed by atoms with Crippen molar-refractivity contribution in [3.63, 3.8) is 0 Å². The third-order valence-corrected chi connectivity index (χ3v) is 3.08. The molecule has 16 heavy (non-hydrogen) atoms. The molecule has 0 spiro atoms. The fourth-order valence-corrected chi connectivity index (χ4v) is 2.00. The van der Waals surface area contributed by atoms with Gasteiger partial charge in [-0.3, -0.25) is 0 Å². The molecule has 2 N–H and O–H groups in total. The van der Waals surface area contributed by atoms with Crippen molar-refractivity contribution in [2.45, 2.75) is 12.0 Å². The second-order valence-electron chi connectivity index (χ2n) is 4.18. The number of pyridine rings is 1. The van der Waals surface area contributed by atoms with E-state index in [1.807, 2.05) is 12.3 Å². The molecule has 1 aliphatic rings. The fraction of sp³-hybridized carbons (Fsp3) is 0.500. The quantitative estimate of drug-likeness (QED) is 0.753. The van der Waals surface area contributed by atoms with E-state index in [-0.39, 0.29) is 5.60 Å². The highest BCUT2D eigenvalue weighted by atomic mass is 16.5. The molecule has 0 amide bonds. The van der Waals surface area contributed by atoms with Gasteiger partial charge < -0.3 is 10.1 Å². The second kappa shape index (κ2) is 3.50. The first kappa shape index (κ1) is 9.68. The van der Waals surface area contributed by atoms with Crippen LogP contribution in [0.25, 0.3) is 11.2 Å². The highest BCUT2D eigenvalue weighted by molar-refractivity contribution is 5.69. The molecule has 1 fully saturated rings. The Kier molecular flexibility index (Phi) is 2.12. The lowest BCUT2D eigenvalue weighted by atomic mass is 9.89. The molecule has 2 aromatic rings. The van der Waals surface area contributed by atoms with Gasteiger partial charge in [0.15, 0.2) is 0 Å². The van der Waals surface area contributed by atoms with Crippen LogP contribution in [-0.2, 0) is 11.2 Å². The van der Waals surface area contributed by atoms with Crippen LogP contribution >= 0.6 is 0 Å². The predicted octanol–water partition coefficient (Wildman–Crippen LogP) is -0.116. The Morgan fingerprint density at radius 1 is 1.44 bits per heavy atom. The third-order valence-electron chi connectivity index (χ3n) is 3.08. The Hall–Kier alpha value is -1.53. The molecular weight excluding hydrogens is 206 g/mol. The first-order valence-electron chi connectivity index (χ1n) is 5.23. The van der Waals surface area contributed by atoms with Gasteiger partial charge in [0.1, 0.15) is 5.52 Å². The summed E-state index contributed by atoms with van der Waals surface area (Å²) in [6, 6.07) is 2.00. The summed E-state index contributed by atoms with van der Waals surface area (Å²) in [7, 11) is 1.75. The number of aromatic amines is 1. The van der Waals surface area contributed by atoms with E-state index in [0.29, 0.717) is 5.65 Å². The van der Waals surface area contributed by atoms with Crippen molar-refractivity contribution in [2.24, 2.45) is 0 Å². The van der Waals surface area contributed by atoms with Crippen LogP contribution in [0, 0.1) is 0 Å². The van der Waals surface area contributed by atoms with Crippen molar-refractivity contribution < 1.29 is 4.74 Å². The average molecular weight is 219 g/mol. The van der Waals surface area contributed by atoms with Gasteiger partial charge in [-0.25, -0.2) is 4.98 Å². The van der Waals surface area contributed by atoms with E-state index in [1.165, 1.54) is 0 Å². The van der Waals surface area contributed by atoms with Crippen LogP contribution in [0.1, 0.15) is 5.56 Å². The van der Waals surface area contributed by atoms with Crippen molar-refractivity contribution in [3.8, 4) is 0 Å². The minimum Gasteiger partial charge on any atom is -0.375 e. The molecule has 0 radical (unpaired) electrons. The molecule has 0 bridgehead atoms. The summed E-state index contributed by atoms with van der Waals surface area (Å²) >= 11 is 0. The topological polar surface area (TPSA) is 75.7 Å². The van der Waals surface area contributed by atoms with E-state index < -0.39 is 0 Å². The lowest BCUT2D eigenvalue weighted by molar-refractivity contribution is -0.0502. The largest absolute Gasteiger partial charge is 0.375 e. The first-order valence-corrected chi connectivity index (χ1v) is 5.23. The molecule has 0 aliphatic carbocycles. The smallest absolute Gasteiger partial charge is 0.201 e. The SMILES string of the molecule is COC1(Cc2cnc3n[nH]nc3c2)CNC1. The number of H-pyrrole nitrogens is 1. The van der Waals surface area contributed by atoms with E-state index in [9.17, 15) is 0 Å². The zero-order chi connectivity index (χ0) is 11.0. The van der Waals surface area contributed by atoms with Crippen molar-refractivity contribution in [1.82, 2.24) is 25.7 Å². The summed E-state index contributed by atoms with van der Waals surface area (Å²) in [5.41, 5.74) is 2.52. The van der Waals surface area contributed by atoms with Gasteiger partial charge in [-0.05, 0) is 11.6 Å². The molecule has 84 valence electrons. The zero-order valence-corrected chi connectivity index (χ0v) is 9.03. The molecule has 2 aromatic heterocycles. The van der Waals surface area contributed by atoms with E-state index >= 15 is 0 Å². The molecule has 1 aliphatic heterocycles. The van der Waals surface area contributed by atoms with E-state index in [1.54, 1.807) is 7.11 Å². The Balaban J connectivity index is 1.88. The minimum absolute atomic E-state index is 0.0703. The number of aromatic nitrogens is 4. The highest BCUT2D eigenvalue weighted by Gasteiger charge is 2.37. The molecule has 6 heteroatoms. The number of ether oxygens (including phenoxy) is 1. The fourth-order valence-electron chi connectivity index (χ4n) is 2.00. The number of hydrogen-bond acceptors (Lipinski definition) is 5. The van der Waals surface area contributed by atoms with Crippen molar-refractivity contribution in [1.29, 1.82) is 0 Å². The van der Waals surface area contributed by atoms with E-state index in [4.69, 9.17) is 4.74 Å². The van der Waals surface area contributed by atoms with Gasteiger partial charge in [-0.1, -0.05) is 0 Å². The summed E-state index contributed by atoms with van der Waals surface area (Å²) in [6.07, 6.45) is 2.69. The molecule has 0 saturated carbocycles. The van der Waals surface area contributed by atoms with Crippen molar-refractivity contribution in [3.05, 3.63) is 17.8 Å².